The average Bonchev–Trinajstić information content (AvgIpc) is 3.18. The molecule has 2 bridgehead atoms. The molecular formula is C29H31N3O7. The smallest absolute Gasteiger partial charge is 0.339 e. The summed E-state index contributed by atoms with van der Waals surface area (Å²) in [6, 6.07) is 5.07. The highest BCUT2D eigenvalue weighted by atomic mass is 16.8. The van der Waals surface area contributed by atoms with Gasteiger partial charge in [-0.25, -0.2) is 10.0 Å². The predicted molar refractivity (Wildman–Crippen MR) is 143 cm³/mol. The number of carbonyl (C=O) groups excluding carboxylic acids is 1. The molecular weight excluding hydrogens is 502 g/mol. The largest absolute Gasteiger partial charge is 0.595 e. The summed E-state index contributed by atoms with van der Waals surface area (Å²) in [7, 11) is 0. The summed E-state index contributed by atoms with van der Waals surface area (Å²) in [5.74, 6) is 0.822. The van der Waals surface area contributed by atoms with Crippen molar-refractivity contribution in [2.45, 2.75) is 59.4 Å². The van der Waals surface area contributed by atoms with Gasteiger partial charge in [0.05, 0.1) is 0 Å². The quantitative estimate of drug-likeness (QED) is 0.304. The molecule has 0 saturated carbocycles. The van der Waals surface area contributed by atoms with Crippen LogP contribution in [0.2, 0.25) is 0 Å². The van der Waals surface area contributed by atoms with Crippen LogP contribution in [0.1, 0.15) is 52.5 Å². The third-order valence-electron chi connectivity index (χ3n) is 8.72. The van der Waals surface area contributed by atoms with E-state index in [1.165, 1.54) is 6.07 Å². The van der Waals surface area contributed by atoms with E-state index in [1.807, 2.05) is 38.7 Å². The van der Waals surface area contributed by atoms with Gasteiger partial charge in [0.15, 0.2) is 0 Å². The Morgan fingerprint density at radius 2 is 1.74 bits per heavy atom. The van der Waals surface area contributed by atoms with Gasteiger partial charge in [0, 0.05) is 65.6 Å². The molecule has 0 aliphatic carbocycles. The van der Waals surface area contributed by atoms with Gasteiger partial charge in [-0.2, -0.15) is 5.23 Å². The lowest BCUT2D eigenvalue weighted by Gasteiger charge is -2.43. The number of nitrogens with one attached hydrogen (secondary N) is 1. The van der Waals surface area contributed by atoms with Crippen LogP contribution in [0.4, 0.5) is 5.69 Å². The summed E-state index contributed by atoms with van der Waals surface area (Å²) < 4.78 is 13.2. The zero-order chi connectivity index (χ0) is 27.7. The van der Waals surface area contributed by atoms with Crippen molar-refractivity contribution in [1.29, 1.82) is 0 Å². The normalized spacial score (nSPS) is 19.5. The molecule has 1 aromatic carbocycles. The molecule has 2 aliphatic heterocycles. The van der Waals surface area contributed by atoms with Crippen molar-refractivity contribution >= 4 is 33.5 Å². The second-order valence-corrected chi connectivity index (χ2v) is 11.0. The van der Waals surface area contributed by atoms with Crippen molar-refractivity contribution in [3.8, 4) is 0 Å². The van der Waals surface area contributed by atoms with E-state index in [1.54, 1.807) is 10.6 Å². The van der Waals surface area contributed by atoms with Crippen LogP contribution in [0, 0.1) is 38.8 Å². The van der Waals surface area contributed by atoms with Crippen LogP contribution in [0.25, 0.3) is 21.9 Å². The van der Waals surface area contributed by atoms with Gasteiger partial charge >= 0.3 is 11.2 Å². The summed E-state index contributed by atoms with van der Waals surface area (Å²) in [6.45, 7) is 9.07. The number of furan rings is 1. The minimum Gasteiger partial charge on any atom is -0.595 e. The molecule has 10 nitrogen and oxygen atoms in total. The highest BCUT2D eigenvalue weighted by Crippen LogP contribution is 2.36. The number of hydrogen-bond donors (Lipinski definition) is 2. The Bertz CT molecular complexity index is 1780. The standard InChI is InChI=1S/C29H31N3O7/c1-14-17(4)38-26-16(3)27-22(10-21(14)26)15(2)20(29(35)39-27)5-8-25(33)30-11-18-9-19(13-30)23-6-7-24(32(36)37)28(34)31(23)12-18/h6-7,10,18-19,32,36H,5,8-9,11-13H2,1-4H3/t18-,19?/m0/s1. The Morgan fingerprint density at radius 1 is 1.03 bits per heavy atom. The van der Waals surface area contributed by atoms with E-state index in [2.05, 4.69) is 0 Å². The number of fused-ring (bicyclic) bond motifs is 6. The molecule has 1 fully saturated rings. The Balaban J connectivity index is 1.24. The highest BCUT2D eigenvalue weighted by molar-refractivity contribution is 6.00. The number of likely N-dealkylation sites (tertiary alicyclic amines) is 1. The minimum atomic E-state index is -1.23. The summed E-state index contributed by atoms with van der Waals surface area (Å²) >= 11 is 0. The summed E-state index contributed by atoms with van der Waals surface area (Å²) in [6.07, 6.45) is 1.30. The first-order chi connectivity index (χ1) is 18.5. The molecule has 10 heteroatoms. The summed E-state index contributed by atoms with van der Waals surface area (Å²) in [5.41, 5.74) is 4.01. The lowest BCUT2D eigenvalue weighted by Crippen LogP contribution is -3.00. The lowest BCUT2D eigenvalue weighted by molar-refractivity contribution is -0.992. The molecule has 1 saturated heterocycles. The number of aromatic nitrogens is 1. The predicted octanol–water partition coefficient (Wildman–Crippen LogP) is 2.92. The van der Waals surface area contributed by atoms with Crippen molar-refractivity contribution in [3.05, 3.63) is 77.9 Å². The van der Waals surface area contributed by atoms with Crippen molar-refractivity contribution < 1.29 is 24.1 Å². The molecule has 2 N–H and O–H groups in total. The van der Waals surface area contributed by atoms with E-state index in [4.69, 9.17) is 8.83 Å². The number of quaternary nitrogens is 1. The number of piperidine rings is 1. The zero-order valence-electron chi connectivity index (χ0n) is 22.4. The van der Waals surface area contributed by atoms with Gasteiger partial charge in [0.1, 0.15) is 16.9 Å². The molecule has 1 amide bonds. The number of carbonyl (C=O) groups is 1. The zero-order valence-corrected chi connectivity index (χ0v) is 22.4. The number of benzene rings is 1. The molecule has 2 aliphatic rings. The molecule has 5 heterocycles. The Hall–Kier alpha value is -3.73. The van der Waals surface area contributed by atoms with E-state index in [0.29, 0.717) is 30.8 Å². The summed E-state index contributed by atoms with van der Waals surface area (Å²) in [4.78, 5) is 40.8. The van der Waals surface area contributed by atoms with Gasteiger partial charge in [-0.1, -0.05) is 0 Å². The Kier molecular flexibility index (Phi) is 6.01. The molecule has 3 aromatic heterocycles. The van der Waals surface area contributed by atoms with Crippen molar-refractivity contribution in [3.63, 3.8) is 0 Å². The fourth-order valence-corrected chi connectivity index (χ4v) is 6.48. The number of pyridine rings is 1. The topological polar surface area (TPSA) is 133 Å². The van der Waals surface area contributed by atoms with Gasteiger partial charge in [-0.15, -0.1) is 0 Å². The maximum Gasteiger partial charge on any atom is 0.339 e. The fraction of sp³-hybridized carbons (Fsp3) is 0.414. The van der Waals surface area contributed by atoms with Crippen LogP contribution in [0.5, 0.6) is 0 Å². The van der Waals surface area contributed by atoms with Crippen LogP contribution in [0.15, 0.2) is 36.6 Å². The number of amides is 1. The molecule has 204 valence electrons. The molecule has 3 atom stereocenters. The van der Waals surface area contributed by atoms with Crippen molar-refractivity contribution in [1.82, 2.24) is 9.47 Å². The van der Waals surface area contributed by atoms with E-state index in [0.717, 1.165) is 50.9 Å². The average molecular weight is 534 g/mol. The molecule has 0 spiro atoms. The van der Waals surface area contributed by atoms with Gasteiger partial charge < -0.3 is 23.5 Å². The maximum atomic E-state index is 13.3. The summed E-state index contributed by atoms with van der Waals surface area (Å²) in [5, 5.41) is 21.3. The number of aryl methyl sites for hydroxylation is 4. The number of nitrogens with zero attached hydrogens (tertiary/aromatic N) is 2. The SMILES string of the molecule is Cc1oc2c(C)c3oc(=O)c(CCC(=O)N4CC5C[C@@H](C4)Cn4c5ccc([NH+]([O-])O)c4=O)c(C)c3cc2c1C. The third kappa shape index (κ3) is 4.02. The minimum absolute atomic E-state index is 0.0310. The molecule has 6 rings (SSSR count). The Labute approximate surface area is 223 Å². The monoisotopic (exact) mass is 533 g/mol. The fourth-order valence-electron chi connectivity index (χ4n) is 6.48. The van der Waals surface area contributed by atoms with Gasteiger partial charge in [0.25, 0.3) is 0 Å². The van der Waals surface area contributed by atoms with Crippen molar-refractivity contribution in [2.24, 2.45) is 5.92 Å². The van der Waals surface area contributed by atoms with Crippen LogP contribution < -0.4 is 16.4 Å². The van der Waals surface area contributed by atoms with Crippen LogP contribution in [-0.2, 0) is 17.8 Å². The molecule has 2 unspecified atom stereocenters. The second kappa shape index (κ2) is 9.18. The molecule has 4 aromatic rings. The second-order valence-electron chi connectivity index (χ2n) is 11.0. The maximum absolute atomic E-state index is 13.3. The van der Waals surface area contributed by atoms with E-state index < -0.39 is 16.4 Å². The first-order valence-corrected chi connectivity index (χ1v) is 13.3. The van der Waals surface area contributed by atoms with Crippen molar-refractivity contribution in [2.75, 3.05) is 13.1 Å². The third-order valence-corrected chi connectivity index (χ3v) is 8.72. The van der Waals surface area contributed by atoms with E-state index >= 15 is 0 Å². The van der Waals surface area contributed by atoms with E-state index in [-0.39, 0.29) is 36.3 Å². The van der Waals surface area contributed by atoms with E-state index in [9.17, 15) is 24.8 Å². The first kappa shape index (κ1) is 25.5. The van der Waals surface area contributed by atoms with Gasteiger partial charge in [0.2, 0.25) is 11.6 Å². The number of hydrogen-bond acceptors (Lipinski definition) is 7. The van der Waals surface area contributed by atoms with Gasteiger partial charge in [-0.3, -0.25) is 9.59 Å². The lowest BCUT2D eigenvalue weighted by atomic mass is 9.83. The Morgan fingerprint density at radius 3 is 2.49 bits per heavy atom. The molecule has 0 radical (unpaired) electrons. The van der Waals surface area contributed by atoms with Gasteiger partial charge in [-0.05, 0) is 69.7 Å². The highest BCUT2D eigenvalue weighted by Gasteiger charge is 2.37. The van der Waals surface area contributed by atoms with Crippen LogP contribution in [0.3, 0.4) is 0 Å². The number of rotatable bonds is 4. The molecule has 39 heavy (non-hydrogen) atoms. The first-order valence-electron chi connectivity index (χ1n) is 13.3. The van der Waals surface area contributed by atoms with Crippen LogP contribution in [-0.4, -0.2) is 33.7 Å². The van der Waals surface area contributed by atoms with Crippen LogP contribution >= 0.6 is 0 Å².